The van der Waals surface area contributed by atoms with Crippen molar-refractivity contribution in [1.82, 2.24) is 0 Å². The molecule has 8 nitrogen and oxygen atoms in total. The summed E-state index contributed by atoms with van der Waals surface area (Å²) in [4.78, 5) is 32.8. The number of hydrogen-bond acceptors (Lipinski definition) is 6. The summed E-state index contributed by atoms with van der Waals surface area (Å²) in [7, 11) is 0. The number of carbonyl (C=O) groups excluding carboxylic acids is 1. The van der Waals surface area contributed by atoms with Gasteiger partial charge in [-0.1, -0.05) is 36.8 Å². The Morgan fingerprint density at radius 2 is 1.63 bits per heavy atom. The molecule has 27 heavy (non-hydrogen) atoms. The number of esters is 1. The van der Waals surface area contributed by atoms with Gasteiger partial charge in [-0.25, -0.2) is 4.79 Å². The van der Waals surface area contributed by atoms with Crippen molar-refractivity contribution in [2.45, 2.75) is 33.8 Å². The van der Waals surface area contributed by atoms with Crippen LogP contribution >= 0.6 is 0 Å². The highest BCUT2D eigenvalue weighted by Crippen LogP contribution is 2.24. The van der Waals surface area contributed by atoms with E-state index in [0.29, 0.717) is 0 Å². The lowest BCUT2D eigenvalue weighted by Crippen LogP contribution is -2.22. The Hall–Kier alpha value is -3.29. The molecule has 0 heterocycles. The third-order valence-corrected chi connectivity index (χ3v) is 3.66. The smallest absolute Gasteiger partial charge is 0.339 e. The second-order valence-corrected chi connectivity index (χ2v) is 5.92. The molecule has 1 aromatic rings. The van der Waals surface area contributed by atoms with Crippen LogP contribution in [0.2, 0.25) is 0 Å². The Morgan fingerprint density at radius 1 is 1.07 bits per heavy atom. The Morgan fingerprint density at radius 3 is 2.07 bits per heavy atom. The van der Waals surface area contributed by atoms with Gasteiger partial charge in [-0.2, -0.15) is 0 Å². The average Bonchev–Trinajstić information content (AvgIpc) is 2.60. The van der Waals surface area contributed by atoms with Crippen LogP contribution in [-0.4, -0.2) is 21.9 Å². The van der Waals surface area contributed by atoms with E-state index in [9.17, 15) is 25.0 Å². The van der Waals surface area contributed by atoms with Gasteiger partial charge in [-0.3, -0.25) is 20.2 Å². The first-order chi connectivity index (χ1) is 12.7. The molecule has 144 valence electrons. The first-order valence-corrected chi connectivity index (χ1v) is 8.28. The molecule has 0 saturated carbocycles. The van der Waals surface area contributed by atoms with Crippen LogP contribution in [0.3, 0.4) is 0 Å². The van der Waals surface area contributed by atoms with Crippen LogP contribution < -0.4 is 0 Å². The second kappa shape index (κ2) is 10.0. The zero-order valence-corrected chi connectivity index (χ0v) is 15.6. The molecule has 0 unspecified atom stereocenters. The number of nitro groups is 2. The van der Waals surface area contributed by atoms with E-state index in [1.54, 1.807) is 19.1 Å². The van der Waals surface area contributed by atoms with Gasteiger partial charge in [0.15, 0.2) is 0 Å². The van der Waals surface area contributed by atoms with E-state index in [-0.39, 0.29) is 11.5 Å². The van der Waals surface area contributed by atoms with Crippen molar-refractivity contribution >= 4 is 17.3 Å². The lowest BCUT2D eigenvalue weighted by Gasteiger charge is -2.19. The van der Waals surface area contributed by atoms with Crippen molar-refractivity contribution in [3.05, 3.63) is 79.9 Å². The fourth-order valence-electron chi connectivity index (χ4n) is 2.45. The SMILES string of the molecule is C/C=C/C(C)=C/[C@@H](C)[C@@H](/C=C/C)OC(=O)c1cc([N+](=O)[O-])cc([N+](=O)[O-])c1. The number of benzene rings is 1. The summed E-state index contributed by atoms with van der Waals surface area (Å²) < 4.78 is 5.45. The number of non-ortho nitro benzene ring substituents is 2. The fraction of sp³-hybridized carbons (Fsp3) is 0.316. The van der Waals surface area contributed by atoms with Gasteiger partial charge in [-0.15, -0.1) is 0 Å². The summed E-state index contributed by atoms with van der Waals surface area (Å²) in [5.74, 6) is -1.04. The maximum Gasteiger partial charge on any atom is 0.339 e. The summed E-state index contributed by atoms with van der Waals surface area (Å²) in [5, 5.41) is 21.9. The minimum absolute atomic E-state index is 0.171. The minimum atomic E-state index is -0.867. The molecular formula is C19H22N2O6. The molecule has 2 atom stereocenters. The van der Waals surface area contributed by atoms with E-state index in [1.165, 1.54) is 0 Å². The first-order valence-electron chi connectivity index (χ1n) is 8.28. The topological polar surface area (TPSA) is 113 Å². The molecule has 0 saturated heterocycles. The van der Waals surface area contributed by atoms with Crippen LogP contribution in [-0.2, 0) is 4.74 Å². The molecule has 8 heteroatoms. The highest BCUT2D eigenvalue weighted by Gasteiger charge is 2.23. The maximum absolute atomic E-state index is 12.5. The lowest BCUT2D eigenvalue weighted by molar-refractivity contribution is -0.394. The van der Waals surface area contributed by atoms with Crippen molar-refractivity contribution in [2.75, 3.05) is 0 Å². The molecule has 0 aliphatic heterocycles. The molecule has 0 aliphatic carbocycles. The van der Waals surface area contributed by atoms with Crippen molar-refractivity contribution < 1.29 is 19.4 Å². The van der Waals surface area contributed by atoms with Crippen LogP contribution in [0, 0.1) is 26.1 Å². The van der Waals surface area contributed by atoms with E-state index in [1.807, 2.05) is 39.0 Å². The van der Waals surface area contributed by atoms with E-state index < -0.39 is 33.3 Å². The van der Waals surface area contributed by atoms with Gasteiger partial charge in [-0.05, 0) is 26.8 Å². The monoisotopic (exact) mass is 374 g/mol. The molecule has 0 amide bonds. The second-order valence-electron chi connectivity index (χ2n) is 5.92. The summed E-state index contributed by atoms with van der Waals surface area (Å²) >= 11 is 0. The van der Waals surface area contributed by atoms with Crippen LogP contribution in [0.4, 0.5) is 11.4 Å². The van der Waals surface area contributed by atoms with Crippen LogP contribution in [0.5, 0.6) is 0 Å². The van der Waals surface area contributed by atoms with Crippen LogP contribution in [0.1, 0.15) is 38.1 Å². The predicted molar refractivity (Wildman–Crippen MR) is 102 cm³/mol. The molecule has 1 rings (SSSR count). The zero-order valence-electron chi connectivity index (χ0n) is 15.6. The first kappa shape index (κ1) is 21.8. The maximum atomic E-state index is 12.5. The Kier molecular flexibility index (Phi) is 8.06. The van der Waals surface area contributed by atoms with E-state index in [2.05, 4.69) is 0 Å². The summed E-state index contributed by atoms with van der Waals surface area (Å²) in [6.07, 6.45) is 8.51. The molecule has 0 fully saturated rings. The fourth-order valence-corrected chi connectivity index (χ4v) is 2.45. The molecular weight excluding hydrogens is 352 g/mol. The number of nitro benzene ring substituents is 2. The van der Waals surface area contributed by atoms with Gasteiger partial charge >= 0.3 is 5.97 Å². The number of ether oxygens (including phenoxy) is 1. The quantitative estimate of drug-likeness (QED) is 0.213. The molecule has 1 aromatic carbocycles. The molecule has 0 aromatic heterocycles. The third kappa shape index (κ3) is 6.50. The number of nitrogens with zero attached hydrogens (tertiary/aromatic N) is 2. The zero-order chi connectivity index (χ0) is 20.6. The Labute approximate surface area is 157 Å². The number of allylic oxidation sites excluding steroid dienone is 4. The summed E-state index contributed by atoms with van der Waals surface area (Å²) in [5.41, 5.74) is -0.348. The number of hydrogen-bond donors (Lipinski definition) is 0. The lowest BCUT2D eigenvalue weighted by atomic mass is 10.0. The van der Waals surface area contributed by atoms with E-state index >= 15 is 0 Å². The summed E-state index contributed by atoms with van der Waals surface area (Å²) in [6.45, 7) is 7.44. The van der Waals surface area contributed by atoms with Crippen LogP contribution in [0.15, 0.2) is 54.2 Å². The number of rotatable bonds is 8. The van der Waals surface area contributed by atoms with Gasteiger partial charge in [0.2, 0.25) is 0 Å². The molecule has 0 aliphatic rings. The van der Waals surface area contributed by atoms with Gasteiger partial charge in [0.25, 0.3) is 11.4 Å². The van der Waals surface area contributed by atoms with Gasteiger partial charge in [0, 0.05) is 18.1 Å². The van der Waals surface area contributed by atoms with Crippen molar-refractivity contribution in [3.63, 3.8) is 0 Å². The molecule has 0 radical (unpaired) electrons. The predicted octanol–water partition coefficient (Wildman–Crippen LogP) is 4.76. The highest BCUT2D eigenvalue weighted by atomic mass is 16.6. The normalized spacial score (nSPS) is 14.3. The third-order valence-electron chi connectivity index (χ3n) is 3.66. The van der Waals surface area contributed by atoms with Crippen molar-refractivity contribution in [3.8, 4) is 0 Å². The van der Waals surface area contributed by atoms with Gasteiger partial charge in [0.05, 0.1) is 21.5 Å². The Balaban J connectivity index is 3.17. The van der Waals surface area contributed by atoms with Gasteiger partial charge in [0.1, 0.15) is 6.10 Å². The molecule has 0 spiro atoms. The average molecular weight is 374 g/mol. The minimum Gasteiger partial charge on any atom is -0.454 e. The highest BCUT2D eigenvalue weighted by molar-refractivity contribution is 5.91. The summed E-state index contributed by atoms with van der Waals surface area (Å²) in [6, 6.07) is 2.73. The Bertz CT molecular complexity index is 778. The van der Waals surface area contributed by atoms with E-state index in [0.717, 1.165) is 23.8 Å². The van der Waals surface area contributed by atoms with E-state index in [4.69, 9.17) is 4.74 Å². The standard InChI is InChI=1S/C19H22N2O6/c1-5-7-13(3)9-14(4)18(8-6-2)27-19(22)15-10-16(20(23)24)12-17(11-15)21(25)26/h5-12,14,18H,1-4H3/b7-5+,8-6+,13-9+/t14-,18-/m1/s1. The largest absolute Gasteiger partial charge is 0.454 e. The molecule has 0 bridgehead atoms. The van der Waals surface area contributed by atoms with Gasteiger partial charge < -0.3 is 4.74 Å². The van der Waals surface area contributed by atoms with Crippen LogP contribution in [0.25, 0.3) is 0 Å². The van der Waals surface area contributed by atoms with Crippen molar-refractivity contribution in [1.29, 1.82) is 0 Å². The van der Waals surface area contributed by atoms with Crippen molar-refractivity contribution in [2.24, 2.45) is 5.92 Å². The number of carbonyl (C=O) groups is 1. The molecule has 0 N–H and O–H groups in total.